The summed E-state index contributed by atoms with van der Waals surface area (Å²) in [5, 5.41) is 3.45. The number of hydrogen-bond donors (Lipinski definition) is 1. The normalized spacial score (nSPS) is 10.7. The topological polar surface area (TPSA) is 21.3 Å². The molecule has 0 saturated carbocycles. The maximum atomic E-state index is 5.59. The molecule has 2 aromatic carbocycles. The Bertz CT molecular complexity index is 576. The summed E-state index contributed by atoms with van der Waals surface area (Å²) in [6, 6.07) is 12.5. The Hall–Kier alpha value is -0.360. The molecule has 0 unspecified atom stereocenters. The SMILES string of the molecule is CCOc1c(Br)cc(CNCc2ccc(Br)cc2)cc1Br. The van der Waals surface area contributed by atoms with Crippen LogP contribution in [0.3, 0.4) is 0 Å². The van der Waals surface area contributed by atoms with Crippen LogP contribution in [0.4, 0.5) is 0 Å². The van der Waals surface area contributed by atoms with E-state index in [0.29, 0.717) is 6.61 Å². The van der Waals surface area contributed by atoms with Crippen molar-refractivity contribution in [1.29, 1.82) is 0 Å². The van der Waals surface area contributed by atoms with Crippen LogP contribution in [0.25, 0.3) is 0 Å². The van der Waals surface area contributed by atoms with Gasteiger partial charge in [-0.2, -0.15) is 0 Å². The highest BCUT2D eigenvalue weighted by molar-refractivity contribution is 9.11. The van der Waals surface area contributed by atoms with Crippen molar-refractivity contribution in [2.45, 2.75) is 20.0 Å². The highest BCUT2D eigenvalue weighted by Crippen LogP contribution is 2.34. The Kier molecular flexibility index (Phi) is 6.74. The van der Waals surface area contributed by atoms with E-state index in [0.717, 1.165) is 32.3 Å². The lowest BCUT2D eigenvalue weighted by Gasteiger charge is -2.11. The first-order valence-corrected chi connectivity index (χ1v) is 9.04. The van der Waals surface area contributed by atoms with Crippen LogP contribution in [0.2, 0.25) is 0 Å². The molecular formula is C16H16Br3NO. The Labute approximate surface area is 150 Å². The van der Waals surface area contributed by atoms with Crippen LogP contribution in [0.1, 0.15) is 18.1 Å². The van der Waals surface area contributed by atoms with Crippen LogP contribution in [0.5, 0.6) is 5.75 Å². The minimum absolute atomic E-state index is 0.651. The molecule has 0 heterocycles. The largest absolute Gasteiger partial charge is 0.492 e. The molecule has 0 amide bonds. The molecule has 5 heteroatoms. The van der Waals surface area contributed by atoms with Gasteiger partial charge in [-0.1, -0.05) is 28.1 Å². The van der Waals surface area contributed by atoms with Crippen molar-refractivity contribution in [2.24, 2.45) is 0 Å². The van der Waals surface area contributed by atoms with Crippen LogP contribution in [-0.2, 0) is 13.1 Å². The summed E-state index contributed by atoms with van der Waals surface area (Å²) in [7, 11) is 0. The lowest BCUT2D eigenvalue weighted by molar-refractivity contribution is 0.336. The molecule has 21 heavy (non-hydrogen) atoms. The second-order valence-electron chi connectivity index (χ2n) is 4.55. The Balaban J connectivity index is 1.95. The second-order valence-corrected chi connectivity index (χ2v) is 7.18. The van der Waals surface area contributed by atoms with Gasteiger partial charge in [0.2, 0.25) is 0 Å². The fourth-order valence-electron chi connectivity index (χ4n) is 1.95. The summed E-state index contributed by atoms with van der Waals surface area (Å²) in [4.78, 5) is 0. The third-order valence-electron chi connectivity index (χ3n) is 2.92. The van der Waals surface area contributed by atoms with E-state index in [-0.39, 0.29) is 0 Å². The van der Waals surface area contributed by atoms with E-state index < -0.39 is 0 Å². The Morgan fingerprint density at radius 1 is 0.905 bits per heavy atom. The molecule has 0 radical (unpaired) electrons. The van der Waals surface area contributed by atoms with Gasteiger partial charge < -0.3 is 10.1 Å². The van der Waals surface area contributed by atoms with Crippen LogP contribution >= 0.6 is 47.8 Å². The van der Waals surface area contributed by atoms with Crippen LogP contribution in [0, 0.1) is 0 Å². The van der Waals surface area contributed by atoms with Gasteiger partial charge in [-0.05, 0) is 74.2 Å². The summed E-state index contributed by atoms with van der Waals surface area (Å²) in [5.41, 5.74) is 2.47. The van der Waals surface area contributed by atoms with E-state index in [9.17, 15) is 0 Å². The van der Waals surface area contributed by atoms with Crippen molar-refractivity contribution in [3.8, 4) is 5.75 Å². The Morgan fingerprint density at radius 3 is 2.05 bits per heavy atom. The van der Waals surface area contributed by atoms with Crippen LogP contribution in [-0.4, -0.2) is 6.61 Å². The fourth-order valence-corrected chi connectivity index (χ4v) is 3.72. The van der Waals surface area contributed by atoms with Gasteiger partial charge >= 0.3 is 0 Å². The summed E-state index contributed by atoms with van der Waals surface area (Å²) in [6.07, 6.45) is 0. The van der Waals surface area contributed by atoms with Crippen molar-refractivity contribution in [2.75, 3.05) is 6.61 Å². The van der Waals surface area contributed by atoms with E-state index in [1.165, 1.54) is 11.1 Å². The predicted molar refractivity (Wildman–Crippen MR) is 97.7 cm³/mol. The molecule has 1 N–H and O–H groups in total. The third kappa shape index (κ3) is 5.09. The van der Waals surface area contributed by atoms with Crippen molar-refractivity contribution in [3.63, 3.8) is 0 Å². The highest BCUT2D eigenvalue weighted by atomic mass is 79.9. The summed E-state index contributed by atoms with van der Waals surface area (Å²) < 4.78 is 8.63. The molecule has 2 nitrogen and oxygen atoms in total. The van der Waals surface area contributed by atoms with Gasteiger partial charge in [-0.3, -0.25) is 0 Å². The number of hydrogen-bond acceptors (Lipinski definition) is 2. The average molecular weight is 478 g/mol. The number of benzene rings is 2. The highest BCUT2D eigenvalue weighted by Gasteiger charge is 2.08. The molecule has 0 aromatic heterocycles. The van der Waals surface area contributed by atoms with E-state index in [1.54, 1.807) is 0 Å². The fraction of sp³-hybridized carbons (Fsp3) is 0.250. The minimum atomic E-state index is 0.651. The lowest BCUT2D eigenvalue weighted by Crippen LogP contribution is -2.12. The van der Waals surface area contributed by atoms with Crippen molar-refractivity contribution in [3.05, 3.63) is 60.9 Å². The summed E-state index contributed by atoms with van der Waals surface area (Å²) >= 11 is 10.6. The monoisotopic (exact) mass is 475 g/mol. The van der Waals surface area contributed by atoms with Crippen LogP contribution < -0.4 is 10.1 Å². The van der Waals surface area contributed by atoms with Gasteiger partial charge in [0.1, 0.15) is 5.75 Å². The molecular weight excluding hydrogens is 462 g/mol. The van der Waals surface area contributed by atoms with E-state index in [4.69, 9.17) is 4.74 Å². The molecule has 0 spiro atoms. The molecule has 112 valence electrons. The molecule has 0 aliphatic carbocycles. The molecule has 2 aromatic rings. The minimum Gasteiger partial charge on any atom is -0.492 e. The maximum absolute atomic E-state index is 5.59. The smallest absolute Gasteiger partial charge is 0.147 e. The van der Waals surface area contributed by atoms with Crippen molar-refractivity contribution in [1.82, 2.24) is 5.32 Å². The second kappa shape index (κ2) is 8.32. The zero-order chi connectivity index (χ0) is 15.2. The number of rotatable bonds is 6. The maximum Gasteiger partial charge on any atom is 0.147 e. The summed E-state index contributed by atoms with van der Waals surface area (Å²) in [5.74, 6) is 0.856. The van der Waals surface area contributed by atoms with Crippen molar-refractivity contribution < 1.29 is 4.74 Å². The standard InChI is InChI=1S/C16H16Br3NO/c1-2-21-16-14(18)7-12(8-15(16)19)10-20-9-11-3-5-13(17)6-4-11/h3-8,20H,2,9-10H2,1H3. The number of ether oxygens (including phenoxy) is 1. The molecule has 0 fully saturated rings. The average Bonchev–Trinajstić information content (AvgIpc) is 2.45. The molecule has 2 rings (SSSR count). The molecule has 0 aliphatic rings. The summed E-state index contributed by atoms with van der Waals surface area (Å²) in [6.45, 7) is 4.28. The van der Waals surface area contributed by atoms with E-state index in [2.05, 4.69) is 89.5 Å². The van der Waals surface area contributed by atoms with E-state index >= 15 is 0 Å². The van der Waals surface area contributed by atoms with E-state index in [1.807, 2.05) is 6.92 Å². The molecule has 0 atom stereocenters. The van der Waals surface area contributed by atoms with Gasteiger partial charge in [-0.25, -0.2) is 0 Å². The van der Waals surface area contributed by atoms with Gasteiger partial charge in [0.05, 0.1) is 15.6 Å². The third-order valence-corrected chi connectivity index (χ3v) is 4.62. The van der Waals surface area contributed by atoms with Crippen LogP contribution in [0.15, 0.2) is 49.8 Å². The lowest BCUT2D eigenvalue weighted by atomic mass is 10.2. The first-order chi connectivity index (χ1) is 10.1. The molecule has 0 saturated heterocycles. The van der Waals surface area contributed by atoms with Gasteiger partial charge in [0.15, 0.2) is 0 Å². The quantitative estimate of drug-likeness (QED) is 0.579. The molecule has 0 aliphatic heterocycles. The predicted octanol–water partition coefficient (Wildman–Crippen LogP) is 5.66. The van der Waals surface area contributed by atoms with Gasteiger partial charge in [0, 0.05) is 17.6 Å². The Morgan fingerprint density at radius 2 is 1.48 bits per heavy atom. The van der Waals surface area contributed by atoms with Crippen molar-refractivity contribution >= 4 is 47.8 Å². The molecule has 0 bridgehead atoms. The zero-order valence-electron chi connectivity index (χ0n) is 11.6. The first kappa shape index (κ1) is 17.0. The first-order valence-electron chi connectivity index (χ1n) is 6.66. The number of nitrogens with one attached hydrogen (secondary N) is 1. The van der Waals surface area contributed by atoms with Gasteiger partial charge in [0.25, 0.3) is 0 Å². The number of halogens is 3. The van der Waals surface area contributed by atoms with Gasteiger partial charge in [-0.15, -0.1) is 0 Å². The zero-order valence-corrected chi connectivity index (χ0v) is 16.4.